The molecule has 0 aliphatic carbocycles. The standard InChI is InChI=1S/C12H14FN3O/c1-16-12(14-8-15-16)6-10(7-17)9-3-2-4-11(13)5-9/h2-5,8,10,17H,6-7H2,1H3. The fourth-order valence-electron chi connectivity index (χ4n) is 1.77. The van der Waals surface area contributed by atoms with Gasteiger partial charge in [-0.2, -0.15) is 5.10 Å². The van der Waals surface area contributed by atoms with Crippen LogP contribution in [0.5, 0.6) is 0 Å². The summed E-state index contributed by atoms with van der Waals surface area (Å²) >= 11 is 0. The van der Waals surface area contributed by atoms with Crippen molar-refractivity contribution in [2.24, 2.45) is 7.05 Å². The molecule has 2 rings (SSSR count). The smallest absolute Gasteiger partial charge is 0.138 e. The first-order valence-electron chi connectivity index (χ1n) is 5.40. The SMILES string of the molecule is Cn1ncnc1CC(CO)c1cccc(F)c1. The van der Waals surface area contributed by atoms with E-state index < -0.39 is 0 Å². The Morgan fingerprint density at radius 2 is 2.29 bits per heavy atom. The maximum absolute atomic E-state index is 13.1. The van der Waals surface area contributed by atoms with Crippen LogP contribution in [0.3, 0.4) is 0 Å². The van der Waals surface area contributed by atoms with E-state index in [1.165, 1.54) is 18.5 Å². The summed E-state index contributed by atoms with van der Waals surface area (Å²) in [6.45, 7) is -0.0453. The van der Waals surface area contributed by atoms with Crippen molar-refractivity contribution in [3.8, 4) is 0 Å². The molecule has 0 amide bonds. The Hall–Kier alpha value is -1.75. The molecule has 1 aromatic heterocycles. The third-order valence-electron chi connectivity index (χ3n) is 2.77. The molecule has 0 aliphatic rings. The molecule has 0 bridgehead atoms. The molecule has 0 saturated heterocycles. The Balaban J connectivity index is 2.20. The Bertz CT molecular complexity index is 498. The van der Waals surface area contributed by atoms with Gasteiger partial charge < -0.3 is 5.11 Å². The molecule has 90 valence electrons. The minimum atomic E-state index is -0.293. The fraction of sp³-hybridized carbons (Fsp3) is 0.333. The second-order valence-electron chi connectivity index (χ2n) is 3.94. The van der Waals surface area contributed by atoms with E-state index in [0.717, 1.165) is 11.4 Å². The maximum Gasteiger partial charge on any atom is 0.138 e. The Labute approximate surface area is 98.7 Å². The van der Waals surface area contributed by atoms with Crippen molar-refractivity contribution in [1.29, 1.82) is 0 Å². The van der Waals surface area contributed by atoms with E-state index in [9.17, 15) is 9.50 Å². The summed E-state index contributed by atoms with van der Waals surface area (Å²) in [6, 6.07) is 6.28. The Morgan fingerprint density at radius 3 is 2.88 bits per heavy atom. The molecular weight excluding hydrogens is 221 g/mol. The van der Waals surface area contributed by atoms with Crippen LogP contribution in [0.15, 0.2) is 30.6 Å². The number of aromatic nitrogens is 3. The van der Waals surface area contributed by atoms with E-state index in [2.05, 4.69) is 10.1 Å². The summed E-state index contributed by atoms with van der Waals surface area (Å²) < 4.78 is 14.8. The van der Waals surface area contributed by atoms with E-state index in [4.69, 9.17) is 0 Å². The monoisotopic (exact) mass is 235 g/mol. The van der Waals surface area contributed by atoms with Gasteiger partial charge in [-0.25, -0.2) is 9.37 Å². The van der Waals surface area contributed by atoms with Crippen molar-refractivity contribution in [2.75, 3.05) is 6.61 Å². The second kappa shape index (κ2) is 5.05. The normalized spacial score (nSPS) is 12.6. The van der Waals surface area contributed by atoms with Crippen molar-refractivity contribution >= 4 is 0 Å². The molecule has 0 fully saturated rings. The van der Waals surface area contributed by atoms with Gasteiger partial charge >= 0.3 is 0 Å². The largest absolute Gasteiger partial charge is 0.396 e. The van der Waals surface area contributed by atoms with E-state index in [0.29, 0.717) is 6.42 Å². The number of halogens is 1. The number of rotatable bonds is 4. The number of aliphatic hydroxyl groups excluding tert-OH is 1. The zero-order valence-corrected chi connectivity index (χ0v) is 9.55. The zero-order valence-electron chi connectivity index (χ0n) is 9.55. The van der Waals surface area contributed by atoms with Crippen molar-refractivity contribution in [2.45, 2.75) is 12.3 Å². The number of nitrogens with zero attached hydrogens (tertiary/aromatic N) is 3. The lowest BCUT2D eigenvalue weighted by atomic mass is 9.96. The van der Waals surface area contributed by atoms with Gasteiger partial charge in [0.25, 0.3) is 0 Å². The number of benzene rings is 1. The van der Waals surface area contributed by atoms with Crippen LogP contribution in [0.1, 0.15) is 17.3 Å². The Kier molecular flexibility index (Phi) is 3.49. The minimum absolute atomic E-state index is 0.0453. The lowest BCUT2D eigenvalue weighted by molar-refractivity contribution is 0.262. The highest BCUT2D eigenvalue weighted by Gasteiger charge is 2.14. The number of aliphatic hydroxyl groups is 1. The quantitative estimate of drug-likeness (QED) is 0.868. The van der Waals surface area contributed by atoms with Gasteiger partial charge in [-0.15, -0.1) is 0 Å². The molecule has 4 nitrogen and oxygen atoms in total. The van der Waals surface area contributed by atoms with E-state index in [1.807, 2.05) is 0 Å². The molecule has 2 aromatic rings. The summed E-state index contributed by atoms with van der Waals surface area (Å²) in [5, 5.41) is 13.3. The van der Waals surface area contributed by atoms with Crippen molar-refractivity contribution in [3.05, 3.63) is 47.8 Å². The first kappa shape index (κ1) is 11.7. The van der Waals surface area contributed by atoms with Gasteiger partial charge in [0.2, 0.25) is 0 Å². The van der Waals surface area contributed by atoms with Crippen LogP contribution < -0.4 is 0 Å². The third-order valence-corrected chi connectivity index (χ3v) is 2.77. The average molecular weight is 235 g/mol. The molecule has 1 N–H and O–H groups in total. The fourth-order valence-corrected chi connectivity index (χ4v) is 1.77. The van der Waals surface area contributed by atoms with Crippen LogP contribution in [-0.4, -0.2) is 26.5 Å². The molecule has 5 heteroatoms. The predicted molar refractivity (Wildman–Crippen MR) is 60.9 cm³/mol. The zero-order chi connectivity index (χ0) is 12.3. The van der Waals surface area contributed by atoms with Gasteiger partial charge in [-0.05, 0) is 17.7 Å². The molecule has 0 spiro atoms. The number of hydrogen-bond donors (Lipinski definition) is 1. The summed E-state index contributed by atoms with van der Waals surface area (Å²) in [7, 11) is 1.79. The van der Waals surface area contributed by atoms with E-state index in [1.54, 1.807) is 23.9 Å². The van der Waals surface area contributed by atoms with Crippen LogP contribution in [0.2, 0.25) is 0 Å². The van der Waals surface area contributed by atoms with E-state index in [-0.39, 0.29) is 18.3 Å². The van der Waals surface area contributed by atoms with Crippen LogP contribution in [-0.2, 0) is 13.5 Å². The third kappa shape index (κ3) is 2.68. The maximum atomic E-state index is 13.1. The molecular formula is C12H14FN3O. The van der Waals surface area contributed by atoms with Crippen LogP contribution in [0.4, 0.5) is 4.39 Å². The van der Waals surface area contributed by atoms with Gasteiger partial charge in [-0.3, -0.25) is 4.68 Å². The summed E-state index contributed by atoms with van der Waals surface area (Å²) in [4.78, 5) is 4.10. The highest BCUT2D eigenvalue weighted by atomic mass is 19.1. The highest BCUT2D eigenvalue weighted by Crippen LogP contribution is 2.20. The number of aryl methyl sites for hydroxylation is 1. The lowest BCUT2D eigenvalue weighted by Gasteiger charge is -2.13. The van der Waals surface area contributed by atoms with Gasteiger partial charge in [0.15, 0.2) is 0 Å². The first-order chi connectivity index (χ1) is 8.20. The topological polar surface area (TPSA) is 50.9 Å². The predicted octanol–water partition coefficient (Wildman–Crippen LogP) is 1.27. The lowest BCUT2D eigenvalue weighted by Crippen LogP contribution is -2.11. The molecule has 0 aliphatic heterocycles. The van der Waals surface area contributed by atoms with Crippen molar-refractivity contribution in [1.82, 2.24) is 14.8 Å². The van der Waals surface area contributed by atoms with Gasteiger partial charge in [-0.1, -0.05) is 12.1 Å². The Morgan fingerprint density at radius 1 is 1.47 bits per heavy atom. The average Bonchev–Trinajstić information content (AvgIpc) is 2.71. The van der Waals surface area contributed by atoms with Crippen molar-refractivity contribution in [3.63, 3.8) is 0 Å². The summed E-state index contributed by atoms with van der Waals surface area (Å²) in [6.07, 6.45) is 2.01. The number of hydrogen-bond acceptors (Lipinski definition) is 3. The second-order valence-corrected chi connectivity index (χ2v) is 3.94. The summed E-state index contributed by atoms with van der Waals surface area (Å²) in [5.74, 6) is 0.320. The van der Waals surface area contributed by atoms with Crippen molar-refractivity contribution < 1.29 is 9.50 Å². The molecule has 17 heavy (non-hydrogen) atoms. The minimum Gasteiger partial charge on any atom is -0.396 e. The summed E-state index contributed by atoms with van der Waals surface area (Å²) in [5.41, 5.74) is 0.774. The van der Waals surface area contributed by atoms with Crippen LogP contribution in [0.25, 0.3) is 0 Å². The van der Waals surface area contributed by atoms with E-state index >= 15 is 0 Å². The molecule has 1 heterocycles. The van der Waals surface area contributed by atoms with Gasteiger partial charge in [0.1, 0.15) is 18.0 Å². The van der Waals surface area contributed by atoms with Gasteiger partial charge in [0.05, 0.1) is 6.61 Å². The van der Waals surface area contributed by atoms with Crippen LogP contribution in [0, 0.1) is 5.82 Å². The molecule has 1 atom stereocenters. The van der Waals surface area contributed by atoms with Gasteiger partial charge in [0, 0.05) is 19.4 Å². The molecule has 1 aromatic carbocycles. The van der Waals surface area contributed by atoms with Crippen LogP contribution >= 0.6 is 0 Å². The molecule has 1 unspecified atom stereocenters. The molecule has 0 saturated carbocycles. The highest BCUT2D eigenvalue weighted by molar-refractivity contribution is 5.21. The molecule has 0 radical (unpaired) electrons. The first-order valence-corrected chi connectivity index (χ1v) is 5.40.